The third kappa shape index (κ3) is 6.20. The molecule has 39 heavy (non-hydrogen) atoms. The zero-order chi connectivity index (χ0) is 27.4. The molecule has 200 valence electrons. The lowest BCUT2D eigenvalue weighted by Gasteiger charge is -2.36. The Hall–Kier alpha value is -3.98. The summed E-state index contributed by atoms with van der Waals surface area (Å²) < 4.78 is 0. The van der Waals surface area contributed by atoms with Crippen LogP contribution in [-0.2, 0) is 0 Å². The first-order valence-corrected chi connectivity index (χ1v) is 13.2. The van der Waals surface area contributed by atoms with Gasteiger partial charge in [-0.15, -0.1) is 0 Å². The highest BCUT2D eigenvalue weighted by molar-refractivity contribution is 6.31. The Morgan fingerprint density at radius 3 is 2.00 bits per heavy atom. The monoisotopic (exact) mass is 544 g/mol. The first-order chi connectivity index (χ1) is 18.9. The van der Waals surface area contributed by atoms with Crippen LogP contribution in [0.1, 0.15) is 37.9 Å². The maximum absolute atomic E-state index is 11.3. The van der Waals surface area contributed by atoms with Crippen LogP contribution < -0.4 is 10.2 Å². The van der Waals surface area contributed by atoms with E-state index < -0.39 is 11.9 Å². The normalized spacial score (nSPS) is 14.2. The van der Waals surface area contributed by atoms with Crippen molar-refractivity contribution in [2.75, 3.05) is 44.2 Å². The molecular weight excluding hydrogens is 516 g/mol. The number of carbonyl (C=O) groups is 2. The van der Waals surface area contributed by atoms with E-state index in [1.54, 1.807) is 48.5 Å². The molecule has 0 saturated carbocycles. The summed E-state index contributed by atoms with van der Waals surface area (Å²) in [6.07, 6.45) is 1.83. The number of fused-ring (bicyclic) bond motifs is 1. The van der Waals surface area contributed by atoms with E-state index in [1.807, 2.05) is 24.4 Å². The Kier molecular flexibility index (Phi) is 8.07. The number of nitrogens with zero attached hydrogens (tertiary/aromatic N) is 3. The Labute approximate surface area is 231 Å². The van der Waals surface area contributed by atoms with Crippen molar-refractivity contribution in [1.29, 1.82) is 0 Å². The van der Waals surface area contributed by atoms with E-state index in [4.69, 9.17) is 11.6 Å². The molecule has 2 heterocycles. The molecule has 1 fully saturated rings. The maximum atomic E-state index is 11.3. The highest BCUT2D eigenvalue weighted by Crippen LogP contribution is 2.28. The van der Waals surface area contributed by atoms with E-state index in [0.717, 1.165) is 54.8 Å². The quantitative estimate of drug-likeness (QED) is 0.276. The van der Waals surface area contributed by atoms with Crippen molar-refractivity contribution in [2.24, 2.45) is 0 Å². The SMILES string of the molecule is O=C(O)c1ccc(C(NCCN2CCN(c3ccnc4cc(Cl)ccc34)CC2)c2ccc(C(=O)O)cc2)cc1. The highest BCUT2D eigenvalue weighted by Gasteiger charge is 2.20. The molecule has 8 nitrogen and oxygen atoms in total. The van der Waals surface area contributed by atoms with Gasteiger partial charge in [-0.25, -0.2) is 9.59 Å². The Balaban J connectivity index is 1.23. The summed E-state index contributed by atoms with van der Waals surface area (Å²) >= 11 is 6.15. The predicted octanol–water partition coefficient (Wildman–Crippen LogP) is 4.79. The third-order valence-electron chi connectivity index (χ3n) is 7.15. The molecule has 4 aromatic rings. The molecule has 0 atom stereocenters. The summed E-state index contributed by atoms with van der Waals surface area (Å²) in [5.74, 6) is -1.95. The number of aromatic carboxylic acids is 2. The minimum absolute atomic E-state index is 0.202. The second-order valence-corrected chi connectivity index (χ2v) is 10.00. The van der Waals surface area contributed by atoms with Crippen LogP contribution in [0.3, 0.4) is 0 Å². The van der Waals surface area contributed by atoms with Crippen molar-refractivity contribution in [3.8, 4) is 0 Å². The number of hydrogen-bond acceptors (Lipinski definition) is 6. The van der Waals surface area contributed by atoms with E-state index in [0.29, 0.717) is 11.6 Å². The largest absolute Gasteiger partial charge is 0.478 e. The lowest BCUT2D eigenvalue weighted by Crippen LogP contribution is -2.48. The fraction of sp³-hybridized carbons (Fsp3) is 0.233. The summed E-state index contributed by atoms with van der Waals surface area (Å²) in [6.45, 7) is 5.20. The maximum Gasteiger partial charge on any atom is 0.335 e. The fourth-order valence-corrected chi connectivity index (χ4v) is 5.19. The molecular formula is C30H29ClN4O4. The van der Waals surface area contributed by atoms with Crippen molar-refractivity contribution in [3.63, 3.8) is 0 Å². The van der Waals surface area contributed by atoms with E-state index in [1.165, 1.54) is 5.69 Å². The third-order valence-corrected chi connectivity index (χ3v) is 7.39. The van der Waals surface area contributed by atoms with Crippen molar-refractivity contribution in [3.05, 3.63) is 106 Å². The molecule has 1 saturated heterocycles. The van der Waals surface area contributed by atoms with Crippen molar-refractivity contribution in [1.82, 2.24) is 15.2 Å². The second-order valence-electron chi connectivity index (χ2n) is 9.56. The van der Waals surface area contributed by atoms with Gasteiger partial charge in [0, 0.05) is 61.6 Å². The van der Waals surface area contributed by atoms with Gasteiger partial charge in [0.25, 0.3) is 0 Å². The highest BCUT2D eigenvalue weighted by atomic mass is 35.5. The number of pyridine rings is 1. The average Bonchev–Trinajstić information content (AvgIpc) is 2.95. The number of anilines is 1. The molecule has 9 heteroatoms. The molecule has 0 radical (unpaired) electrons. The smallest absolute Gasteiger partial charge is 0.335 e. The topological polar surface area (TPSA) is 106 Å². The summed E-state index contributed by atoms with van der Waals surface area (Å²) in [5, 5.41) is 23.9. The molecule has 0 bridgehead atoms. The van der Waals surface area contributed by atoms with Gasteiger partial charge in [-0.05, 0) is 59.7 Å². The number of benzene rings is 3. The Morgan fingerprint density at radius 2 is 1.44 bits per heavy atom. The van der Waals surface area contributed by atoms with Gasteiger partial charge < -0.3 is 20.4 Å². The zero-order valence-corrected chi connectivity index (χ0v) is 22.0. The summed E-state index contributed by atoms with van der Waals surface area (Å²) in [6, 6.07) is 21.3. The molecule has 3 aromatic carbocycles. The second kappa shape index (κ2) is 11.8. The molecule has 1 aliphatic rings. The van der Waals surface area contributed by atoms with Gasteiger partial charge in [0.1, 0.15) is 0 Å². The Bertz CT molecular complexity index is 1410. The molecule has 5 rings (SSSR count). The first kappa shape index (κ1) is 26.6. The van der Waals surface area contributed by atoms with Crippen molar-refractivity contribution in [2.45, 2.75) is 6.04 Å². The number of nitrogens with one attached hydrogen (secondary N) is 1. The predicted molar refractivity (Wildman–Crippen MR) is 152 cm³/mol. The minimum Gasteiger partial charge on any atom is -0.478 e. The number of piperazine rings is 1. The van der Waals surface area contributed by atoms with E-state index >= 15 is 0 Å². The van der Waals surface area contributed by atoms with Crippen LogP contribution in [0.4, 0.5) is 5.69 Å². The van der Waals surface area contributed by atoms with Gasteiger partial charge in [-0.2, -0.15) is 0 Å². The summed E-state index contributed by atoms with van der Waals surface area (Å²) in [5.41, 5.74) is 4.34. The van der Waals surface area contributed by atoms with Crippen LogP contribution in [0.15, 0.2) is 79.0 Å². The van der Waals surface area contributed by atoms with Crippen LogP contribution in [0.5, 0.6) is 0 Å². The Morgan fingerprint density at radius 1 is 0.846 bits per heavy atom. The van der Waals surface area contributed by atoms with Gasteiger partial charge in [-0.1, -0.05) is 35.9 Å². The standard InChI is InChI=1S/C30H29ClN4O4/c31-24-9-10-25-26(19-24)32-12-11-27(25)35-17-15-34(16-18-35)14-13-33-28(20-1-5-22(6-2-20)29(36)37)21-3-7-23(8-4-21)30(38)39/h1-12,19,28,33H,13-18H2,(H,36,37)(H,38,39). The molecule has 1 aromatic heterocycles. The number of carboxylic acid groups (broad SMARTS) is 2. The molecule has 0 spiro atoms. The number of hydrogen-bond donors (Lipinski definition) is 3. The molecule has 0 amide bonds. The first-order valence-electron chi connectivity index (χ1n) is 12.8. The average molecular weight is 545 g/mol. The molecule has 3 N–H and O–H groups in total. The number of rotatable bonds is 9. The van der Waals surface area contributed by atoms with Gasteiger partial charge in [0.05, 0.1) is 22.7 Å². The van der Waals surface area contributed by atoms with E-state index in [2.05, 4.69) is 26.2 Å². The number of carboxylic acids is 2. The summed E-state index contributed by atoms with van der Waals surface area (Å²) in [4.78, 5) is 31.9. The molecule has 1 aliphatic heterocycles. The number of halogens is 1. The fourth-order valence-electron chi connectivity index (χ4n) is 5.03. The van der Waals surface area contributed by atoms with Crippen LogP contribution >= 0.6 is 11.6 Å². The lowest BCUT2D eigenvalue weighted by atomic mass is 9.96. The number of aromatic nitrogens is 1. The van der Waals surface area contributed by atoms with Gasteiger partial charge in [-0.3, -0.25) is 9.88 Å². The minimum atomic E-state index is -0.973. The van der Waals surface area contributed by atoms with Crippen LogP contribution in [0, 0.1) is 0 Å². The molecule has 0 unspecified atom stereocenters. The lowest BCUT2D eigenvalue weighted by molar-refractivity contribution is 0.0686. The van der Waals surface area contributed by atoms with Gasteiger partial charge in [0.15, 0.2) is 0 Å². The van der Waals surface area contributed by atoms with Crippen LogP contribution in [0.25, 0.3) is 10.9 Å². The van der Waals surface area contributed by atoms with Crippen molar-refractivity contribution < 1.29 is 19.8 Å². The van der Waals surface area contributed by atoms with E-state index in [-0.39, 0.29) is 17.2 Å². The van der Waals surface area contributed by atoms with Crippen LogP contribution in [0.2, 0.25) is 5.02 Å². The van der Waals surface area contributed by atoms with Crippen LogP contribution in [-0.4, -0.2) is 71.3 Å². The van der Waals surface area contributed by atoms with Gasteiger partial charge in [0.2, 0.25) is 0 Å². The zero-order valence-electron chi connectivity index (χ0n) is 21.3. The van der Waals surface area contributed by atoms with Crippen molar-refractivity contribution >= 4 is 40.1 Å². The van der Waals surface area contributed by atoms with E-state index in [9.17, 15) is 19.8 Å². The summed E-state index contributed by atoms with van der Waals surface area (Å²) in [7, 11) is 0. The molecule has 0 aliphatic carbocycles. The van der Waals surface area contributed by atoms with Gasteiger partial charge >= 0.3 is 11.9 Å².